The number of aliphatic carboxylic acids is 1. The van der Waals surface area contributed by atoms with E-state index in [2.05, 4.69) is 15.3 Å². The number of nitrogens with zero attached hydrogens (tertiary/aromatic N) is 2. The molecule has 0 aliphatic carbocycles. The molecule has 2 heterocycles. The number of carboxylic acid groups (broad SMARTS) is 1. The van der Waals surface area contributed by atoms with Crippen LogP contribution in [-0.4, -0.2) is 33.6 Å². The lowest BCUT2D eigenvalue weighted by atomic mass is 10.1. The van der Waals surface area contributed by atoms with Crippen molar-refractivity contribution in [2.24, 2.45) is 0 Å². The number of nitrogens with one attached hydrogen (secondary N) is 1. The third kappa shape index (κ3) is 3.36. The van der Waals surface area contributed by atoms with Crippen molar-refractivity contribution in [2.45, 2.75) is 19.9 Å². The lowest BCUT2D eigenvalue weighted by Crippen LogP contribution is -2.21. The number of carboxylic acids is 1. The highest BCUT2D eigenvalue weighted by molar-refractivity contribution is 7.20. The summed E-state index contributed by atoms with van der Waals surface area (Å²) in [5.74, 6) is -1.08. The van der Waals surface area contributed by atoms with E-state index in [1.165, 1.54) is 17.7 Å². The van der Waals surface area contributed by atoms with E-state index in [-0.39, 0.29) is 6.61 Å². The van der Waals surface area contributed by atoms with Crippen molar-refractivity contribution < 1.29 is 19.4 Å². The van der Waals surface area contributed by atoms with Crippen molar-refractivity contribution >= 4 is 39.3 Å². The number of thiophene rings is 1. The number of carbonyl (C=O) groups is 2. The molecule has 3 rings (SSSR count). The SMILES string of the molecule is CCOC(=O)c1sc2ncnc(NC(C(=O)O)c3ccccc3)c2c1C. The van der Waals surface area contributed by atoms with Crippen molar-refractivity contribution in [3.05, 3.63) is 52.7 Å². The van der Waals surface area contributed by atoms with Crippen LogP contribution in [0.2, 0.25) is 0 Å². The Morgan fingerprint density at radius 2 is 2.00 bits per heavy atom. The Kier molecular flexibility index (Phi) is 5.13. The molecule has 0 saturated carbocycles. The molecular weight excluding hydrogens is 354 g/mol. The average molecular weight is 371 g/mol. The van der Waals surface area contributed by atoms with Crippen LogP contribution in [-0.2, 0) is 9.53 Å². The van der Waals surface area contributed by atoms with E-state index in [1.54, 1.807) is 38.1 Å². The number of aryl methyl sites for hydroxylation is 1. The Morgan fingerprint density at radius 1 is 1.27 bits per heavy atom. The Morgan fingerprint density at radius 3 is 2.65 bits per heavy atom. The largest absolute Gasteiger partial charge is 0.479 e. The molecule has 26 heavy (non-hydrogen) atoms. The van der Waals surface area contributed by atoms with E-state index in [4.69, 9.17) is 4.74 Å². The average Bonchev–Trinajstić information content (AvgIpc) is 2.98. The van der Waals surface area contributed by atoms with Gasteiger partial charge in [0.1, 0.15) is 21.9 Å². The zero-order valence-corrected chi connectivity index (χ0v) is 15.0. The molecule has 0 fully saturated rings. The number of benzene rings is 1. The fourth-order valence-electron chi connectivity index (χ4n) is 2.64. The van der Waals surface area contributed by atoms with Gasteiger partial charge in [-0.3, -0.25) is 0 Å². The van der Waals surface area contributed by atoms with Gasteiger partial charge in [0, 0.05) is 0 Å². The molecule has 2 aromatic heterocycles. The normalized spacial score (nSPS) is 11.9. The topological polar surface area (TPSA) is 101 Å². The standard InChI is InChI=1S/C18H17N3O4S/c1-3-25-18(24)14-10(2)12-15(19-9-20-16(12)26-14)21-13(17(22)23)11-7-5-4-6-8-11/h4-9,13H,3H2,1-2H3,(H,22,23)(H,19,20,21). The lowest BCUT2D eigenvalue weighted by molar-refractivity contribution is -0.138. The molecule has 134 valence electrons. The first-order chi connectivity index (χ1) is 12.5. The molecule has 0 bridgehead atoms. The van der Waals surface area contributed by atoms with Gasteiger partial charge in [0.25, 0.3) is 0 Å². The summed E-state index contributed by atoms with van der Waals surface area (Å²) in [5.41, 5.74) is 1.27. The summed E-state index contributed by atoms with van der Waals surface area (Å²) in [6.45, 7) is 3.79. The monoisotopic (exact) mass is 371 g/mol. The quantitative estimate of drug-likeness (QED) is 0.640. The van der Waals surface area contributed by atoms with E-state index < -0.39 is 18.0 Å². The van der Waals surface area contributed by atoms with Gasteiger partial charge in [-0.15, -0.1) is 11.3 Å². The number of rotatable bonds is 6. The minimum Gasteiger partial charge on any atom is -0.479 e. The van der Waals surface area contributed by atoms with E-state index >= 15 is 0 Å². The minimum atomic E-state index is -1.03. The van der Waals surface area contributed by atoms with Gasteiger partial charge in [-0.2, -0.15) is 0 Å². The third-order valence-electron chi connectivity index (χ3n) is 3.85. The maximum absolute atomic E-state index is 12.1. The molecule has 0 saturated heterocycles. The van der Waals surface area contributed by atoms with Crippen molar-refractivity contribution in [1.29, 1.82) is 0 Å². The molecule has 1 atom stereocenters. The van der Waals surface area contributed by atoms with Gasteiger partial charge in [0.05, 0.1) is 12.0 Å². The summed E-state index contributed by atoms with van der Waals surface area (Å²) in [6.07, 6.45) is 1.35. The highest BCUT2D eigenvalue weighted by Gasteiger charge is 2.24. The zero-order valence-electron chi connectivity index (χ0n) is 14.2. The highest BCUT2D eigenvalue weighted by atomic mass is 32.1. The number of aromatic nitrogens is 2. The van der Waals surface area contributed by atoms with Crippen LogP contribution in [0.15, 0.2) is 36.7 Å². The molecule has 3 aromatic rings. The molecule has 0 amide bonds. The zero-order chi connectivity index (χ0) is 18.7. The third-order valence-corrected chi connectivity index (χ3v) is 5.03. The lowest BCUT2D eigenvalue weighted by Gasteiger charge is -2.16. The minimum absolute atomic E-state index is 0.276. The number of ether oxygens (including phenoxy) is 1. The van der Waals surface area contributed by atoms with Crippen LogP contribution in [0.3, 0.4) is 0 Å². The molecule has 0 spiro atoms. The maximum atomic E-state index is 12.1. The fraction of sp³-hybridized carbons (Fsp3) is 0.222. The summed E-state index contributed by atoms with van der Waals surface area (Å²) in [4.78, 5) is 33.3. The van der Waals surface area contributed by atoms with Crippen LogP contribution in [0.25, 0.3) is 10.2 Å². The number of esters is 1. The summed E-state index contributed by atoms with van der Waals surface area (Å²) >= 11 is 1.20. The Balaban J connectivity index is 2.05. The Bertz CT molecular complexity index is 956. The molecule has 8 heteroatoms. The van der Waals surface area contributed by atoms with Crippen LogP contribution in [0.5, 0.6) is 0 Å². The summed E-state index contributed by atoms with van der Waals surface area (Å²) in [7, 11) is 0. The van der Waals surface area contributed by atoms with E-state index in [0.29, 0.717) is 32.0 Å². The Hall–Kier alpha value is -3.00. The second-order valence-electron chi connectivity index (χ2n) is 5.51. The smallest absolute Gasteiger partial charge is 0.348 e. The number of hydrogen-bond acceptors (Lipinski definition) is 7. The predicted octanol–water partition coefficient (Wildman–Crippen LogP) is 3.41. The van der Waals surface area contributed by atoms with Crippen LogP contribution < -0.4 is 5.32 Å². The van der Waals surface area contributed by atoms with Crippen LogP contribution in [0.4, 0.5) is 5.82 Å². The number of fused-ring (bicyclic) bond motifs is 1. The molecule has 1 aromatic carbocycles. The van der Waals surface area contributed by atoms with Gasteiger partial charge in [-0.05, 0) is 25.0 Å². The van der Waals surface area contributed by atoms with Crippen molar-refractivity contribution in [3.63, 3.8) is 0 Å². The molecular formula is C18H17N3O4S. The van der Waals surface area contributed by atoms with Crippen molar-refractivity contribution in [3.8, 4) is 0 Å². The van der Waals surface area contributed by atoms with E-state index in [1.807, 2.05) is 6.07 Å². The van der Waals surface area contributed by atoms with Crippen LogP contribution in [0.1, 0.15) is 33.8 Å². The first-order valence-electron chi connectivity index (χ1n) is 7.98. The van der Waals surface area contributed by atoms with Gasteiger partial charge in [-0.1, -0.05) is 30.3 Å². The van der Waals surface area contributed by atoms with Gasteiger partial charge in [-0.25, -0.2) is 19.6 Å². The fourth-order valence-corrected chi connectivity index (χ4v) is 3.68. The second-order valence-corrected chi connectivity index (χ2v) is 6.50. The summed E-state index contributed by atoms with van der Waals surface area (Å²) in [5, 5.41) is 13.2. The Labute approximate surface area is 153 Å². The van der Waals surface area contributed by atoms with Crippen molar-refractivity contribution in [2.75, 3.05) is 11.9 Å². The molecule has 1 unspecified atom stereocenters. The molecule has 0 aliphatic heterocycles. The van der Waals surface area contributed by atoms with Crippen LogP contribution in [0, 0.1) is 6.92 Å². The molecule has 7 nitrogen and oxygen atoms in total. The van der Waals surface area contributed by atoms with Crippen molar-refractivity contribution in [1.82, 2.24) is 9.97 Å². The maximum Gasteiger partial charge on any atom is 0.348 e. The predicted molar refractivity (Wildman–Crippen MR) is 98.6 cm³/mol. The summed E-state index contributed by atoms with van der Waals surface area (Å²) in [6, 6.07) is 7.86. The second kappa shape index (κ2) is 7.49. The number of anilines is 1. The van der Waals surface area contributed by atoms with Gasteiger partial charge >= 0.3 is 11.9 Å². The molecule has 0 radical (unpaired) electrons. The number of carbonyl (C=O) groups excluding carboxylic acids is 1. The number of hydrogen-bond donors (Lipinski definition) is 2. The van der Waals surface area contributed by atoms with Crippen LogP contribution >= 0.6 is 11.3 Å². The van der Waals surface area contributed by atoms with E-state index in [9.17, 15) is 14.7 Å². The van der Waals surface area contributed by atoms with Gasteiger partial charge in [0.2, 0.25) is 0 Å². The van der Waals surface area contributed by atoms with Gasteiger partial charge < -0.3 is 15.2 Å². The first-order valence-corrected chi connectivity index (χ1v) is 8.80. The van der Waals surface area contributed by atoms with E-state index in [0.717, 1.165) is 0 Å². The molecule has 2 N–H and O–H groups in total. The van der Waals surface area contributed by atoms with Gasteiger partial charge in [0.15, 0.2) is 6.04 Å². The summed E-state index contributed by atoms with van der Waals surface area (Å²) < 4.78 is 5.08. The molecule has 0 aliphatic rings. The highest BCUT2D eigenvalue weighted by Crippen LogP contribution is 2.35. The first kappa shape index (κ1) is 17.8.